The number of nitrogens with zero attached hydrogens (tertiary/aromatic N) is 1. The van der Waals surface area contributed by atoms with E-state index in [0.29, 0.717) is 6.42 Å². The van der Waals surface area contributed by atoms with E-state index in [1.165, 1.54) is 5.56 Å². The zero-order chi connectivity index (χ0) is 19.2. The lowest BCUT2D eigenvalue weighted by atomic mass is 10.1. The second kappa shape index (κ2) is 8.49. The van der Waals surface area contributed by atoms with Crippen molar-refractivity contribution in [1.29, 1.82) is 0 Å². The Hall–Kier alpha value is -3.14. The molecule has 0 aliphatic heterocycles. The van der Waals surface area contributed by atoms with E-state index in [1.807, 2.05) is 50.2 Å². The van der Waals surface area contributed by atoms with Gasteiger partial charge in [-0.3, -0.25) is 4.79 Å². The number of hydrogen-bond acceptors (Lipinski definition) is 3. The van der Waals surface area contributed by atoms with Crippen LogP contribution in [-0.4, -0.2) is 18.2 Å². The van der Waals surface area contributed by atoms with Crippen molar-refractivity contribution in [3.8, 4) is 0 Å². The van der Waals surface area contributed by atoms with E-state index < -0.39 is 0 Å². The van der Waals surface area contributed by atoms with Gasteiger partial charge in [-0.2, -0.15) is 5.10 Å². The van der Waals surface area contributed by atoms with E-state index in [9.17, 15) is 4.79 Å². The van der Waals surface area contributed by atoms with Crippen molar-refractivity contribution < 1.29 is 4.79 Å². The van der Waals surface area contributed by atoms with E-state index in [-0.39, 0.29) is 11.9 Å². The van der Waals surface area contributed by atoms with Crippen LogP contribution in [0.25, 0.3) is 10.8 Å². The van der Waals surface area contributed by atoms with Gasteiger partial charge in [-0.15, -0.1) is 0 Å². The van der Waals surface area contributed by atoms with Crippen LogP contribution in [0.1, 0.15) is 30.0 Å². The molecule has 1 amide bonds. The van der Waals surface area contributed by atoms with Crippen molar-refractivity contribution in [3.05, 3.63) is 77.4 Å². The lowest BCUT2D eigenvalue weighted by Crippen LogP contribution is -2.37. The van der Waals surface area contributed by atoms with Crippen LogP contribution in [0.4, 0.5) is 5.69 Å². The first kappa shape index (κ1) is 18.6. The minimum atomic E-state index is -0.337. The first-order chi connectivity index (χ1) is 13.1. The average molecular weight is 359 g/mol. The Morgan fingerprint density at radius 3 is 2.63 bits per heavy atom. The highest BCUT2D eigenvalue weighted by Gasteiger charge is 2.16. The van der Waals surface area contributed by atoms with Crippen molar-refractivity contribution >= 4 is 28.6 Å². The second-order valence-corrected chi connectivity index (χ2v) is 6.73. The minimum absolute atomic E-state index is 0.144. The Morgan fingerprint density at radius 2 is 1.85 bits per heavy atom. The van der Waals surface area contributed by atoms with E-state index in [2.05, 4.69) is 47.0 Å². The van der Waals surface area contributed by atoms with Crippen LogP contribution in [0, 0.1) is 13.8 Å². The number of aryl methyl sites for hydroxylation is 2. The van der Waals surface area contributed by atoms with Crippen LogP contribution in [0.15, 0.2) is 65.8 Å². The number of rotatable bonds is 6. The highest BCUT2D eigenvalue weighted by Crippen LogP contribution is 2.18. The minimum Gasteiger partial charge on any atom is -0.373 e. The van der Waals surface area contributed by atoms with Crippen molar-refractivity contribution in [2.24, 2.45) is 5.10 Å². The molecule has 3 rings (SSSR count). The first-order valence-corrected chi connectivity index (χ1v) is 9.23. The molecule has 3 aromatic rings. The van der Waals surface area contributed by atoms with Crippen LogP contribution >= 0.6 is 0 Å². The van der Waals surface area contributed by atoms with E-state index in [1.54, 1.807) is 6.21 Å². The number of fused-ring (bicyclic) bond motifs is 1. The van der Waals surface area contributed by atoms with Crippen LogP contribution < -0.4 is 10.7 Å². The van der Waals surface area contributed by atoms with Gasteiger partial charge < -0.3 is 5.32 Å². The molecule has 0 heterocycles. The summed E-state index contributed by atoms with van der Waals surface area (Å²) in [7, 11) is 0. The number of anilines is 1. The quantitative estimate of drug-likeness (QED) is 0.491. The molecule has 1 atom stereocenters. The SMILES string of the molecule is CC[C@@H](Nc1ccc(C)cc1C)C(=O)NN=Cc1cccc2ccccc12. The molecule has 3 aromatic carbocycles. The summed E-state index contributed by atoms with van der Waals surface area (Å²) >= 11 is 0. The number of carbonyl (C=O) groups excluding carboxylic acids is 1. The van der Waals surface area contributed by atoms with Crippen LogP contribution in [0.2, 0.25) is 0 Å². The number of amides is 1. The first-order valence-electron chi connectivity index (χ1n) is 9.23. The lowest BCUT2D eigenvalue weighted by molar-refractivity contribution is -0.121. The van der Waals surface area contributed by atoms with Gasteiger partial charge in [0.25, 0.3) is 5.91 Å². The number of hydrogen-bond donors (Lipinski definition) is 2. The van der Waals surface area contributed by atoms with Gasteiger partial charge in [-0.1, -0.05) is 67.1 Å². The molecule has 138 valence electrons. The molecule has 0 saturated carbocycles. The summed E-state index contributed by atoms with van der Waals surface area (Å²) in [4.78, 5) is 12.5. The summed E-state index contributed by atoms with van der Waals surface area (Å²) in [6, 6.07) is 20.0. The van der Waals surface area contributed by atoms with E-state index >= 15 is 0 Å². The second-order valence-electron chi connectivity index (χ2n) is 6.73. The molecule has 0 aliphatic rings. The maximum absolute atomic E-state index is 12.5. The molecule has 0 fully saturated rings. The van der Waals surface area contributed by atoms with Gasteiger partial charge in [0.2, 0.25) is 0 Å². The molecule has 0 aliphatic carbocycles. The molecule has 0 bridgehead atoms. The number of hydrazone groups is 1. The lowest BCUT2D eigenvalue weighted by Gasteiger charge is -2.18. The largest absolute Gasteiger partial charge is 0.373 e. The van der Waals surface area contributed by atoms with E-state index in [4.69, 9.17) is 0 Å². The fourth-order valence-electron chi connectivity index (χ4n) is 3.12. The molecule has 2 N–H and O–H groups in total. The summed E-state index contributed by atoms with van der Waals surface area (Å²) in [5, 5.41) is 9.75. The highest BCUT2D eigenvalue weighted by molar-refractivity contribution is 6.00. The molecule has 0 spiro atoms. The van der Waals surface area contributed by atoms with Gasteiger partial charge in [0.15, 0.2) is 0 Å². The van der Waals surface area contributed by atoms with Gasteiger partial charge in [0.1, 0.15) is 6.04 Å². The molecule has 0 saturated heterocycles. The Bertz CT molecular complexity index is 973. The molecule has 0 unspecified atom stereocenters. The number of nitrogens with one attached hydrogen (secondary N) is 2. The summed E-state index contributed by atoms with van der Waals surface area (Å²) in [6.07, 6.45) is 2.37. The monoisotopic (exact) mass is 359 g/mol. The summed E-state index contributed by atoms with van der Waals surface area (Å²) in [6.45, 7) is 6.08. The maximum atomic E-state index is 12.5. The van der Waals surface area contributed by atoms with Gasteiger partial charge >= 0.3 is 0 Å². The standard InChI is InChI=1S/C23H25N3O/c1-4-21(25-22-13-12-16(2)14-17(22)3)23(27)26-24-15-19-10-7-9-18-8-5-6-11-20(18)19/h5-15,21,25H,4H2,1-3H3,(H,26,27)/t21-/m1/s1. The van der Waals surface area contributed by atoms with Crippen molar-refractivity contribution in [1.82, 2.24) is 5.43 Å². The van der Waals surface area contributed by atoms with Gasteiger partial charge in [-0.25, -0.2) is 5.43 Å². The summed E-state index contributed by atoms with van der Waals surface area (Å²) in [5.41, 5.74) is 6.94. The van der Waals surface area contributed by atoms with Crippen molar-refractivity contribution in [3.63, 3.8) is 0 Å². The van der Waals surface area contributed by atoms with Crippen LogP contribution in [-0.2, 0) is 4.79 Å². The Balaban J connectivity index is 1.68. The average Bonchev–Trinajstić information content (AvgIpc) is 2.67. The molecule has 27 heavy (non-hydrogen) atoms. The molecule has 0 radical (unpaired) electrons. The van der Waals surface area contributed by atoms with Crippen LogP contribution in [0.3, 0.4) is 0 Å². The zero-order valence-corrected chi connectivity index (χ0v) is 16.0. The Labute approximate surface area is 160 Å². The maximum Gasteiger partial charge on any atom is 0.262 e. The molecule has 4 heteroatoms. The van der Waals surface area contributed by atoms with Crippen LogP contribution in [0.5, 0.6) is 0 Å². The Morgan fingerprint density at radius 1 is 1.07 bits per heavy atom. The number of carbonyl (C=O) groups is 1. The normalized spacial score (nSPS) is 12.3. The molecular formula is C23H25N3O. The summed E-state index contributed by atoms with van der Waals surface area (Å²) in [5.74, 6) is -0.144. The predicted octanol–water partition coefficient (Wildman–Crippen LogP) is 4.80. The number of benzene rings is 3. The van der Waals surface area contributed by atoms with Crippen molar-refractivity contribution in [2.75, 3.05) is 5.32 Å². The van der Waals surface area contributed by atoms with Gasteiger partial charge in [0, 0.05) is 11.3 Å². The Kier molecular flexibility index (Phi) is 5.87. The van der Waals surface area contributed by atoms with Gasteiger partial charge in [-0.05, 0) is 42.7 Å². The molecular weight excluding hydrogens is 334 g/mol. The smallest absolute Gasteiger partial charge is 0.262 e. The zero-order valence-electron chi connectivity index (χ0n) is 16.0. The molecule has 4 nitrogen and oxygen atoms in total. The predicted molar refractivity (Wildman–Crippen MR) is 113 cm³/mol. The highest BCUT2D eigenvalue weighted by atomic mass is 16.2. The third-order valence-electron chi connectivity index (χ3n) is 4.64. The molecule has 0 aromatic heterocycles. The van der Waals surface area contributed by atoms with Gasteiger partial charge in [0.05, 0.1) is 6.21 Å². The van der Waals surface area contributed by atoms with Crippen molar-refractivity contribution in [2.45, 2.75) is 33.2 Å². The van der Waals surface area contributed by atoms with E-state index in [0.717, 1.165) is 27.6 Å². The third-order valence-corrected chi connectivity index (χ3v) is 4.64. The third kappa shape index (κ3) is 4.53. The fraction of sp³-hybridized carbons (Fsp3) is 0.217. The summed E-state index contributed by atoms with van der Waals surface area (Å²) < 4.78 is 0. The fourth-order valence-corrected chi connectivity index (χ4v) is 3.12. The topological polar surface area (TPSA) is 53.5 Å².